The van der Waals surface area contributed by atoms with Crippen LogP contribution in [-0.2, 0) is 11.3 Å². The van der Waals surface area contributed by atoms with E-state index >= 15 is 0 Å². The molecule has 0 atom stereocenters. The minimum Gasteiger partial charge on any atom is -0.508 e. The van der Waals surface area contributed by atoms with E-state index in [4.69, 9.17) is 0 Å². The lowest BCUT2D eigenvalue weighted by atomic mass is 10.1. The van der Waals surface area contributed by atoms with Crippen molar-refractivity contribution in [2.45, 2.75) is 13.5 Å². The summed E-state index contributed by atoms with van der Waals surface area (Å²) >= 11 is 0. The predicted octanol–water partition coefficient (Wildman–Crippen LogP) is 3.02. The Kier molecular flexibility index (Phi) is 4.08. The predicted molar refractivity (Wildman–Crippen MR) is 91.9 cm³/mol. The number of ketones is 1. The van der Waals surface area contributed by atoms with E-state index in [0.29, 0.717) is 16.8 Å². The highest BCUT2D eigenvalue weighted by atomic mass is 16.3. The van der Waals surface area contributed by atoms with E-state index in [1.807, 2.05) is 24.3 Å². The van der Waals surface area contributed by atoms with Gasteiger partial charge in [-0.25, -0.2) is 0 Å². The summed E-state index contributed by atoms with van der Waals surface area (Å²) < 4.78 is 0. The highest BCUT2D eigenvalue weighted by Gasteiger charge is 2.25. The van der Waals surface area contributed by atoms with Crippen LogP contribution < -0.4 is 0 Å². The number of aromatic amines is 1. The average Bonchev–Trinajstić information content (AvgIpc) is 2.91. The second-order valence-electron chi connectivity index (χ2n) is 5.79. The molecule has 0 aliphatic rings. The molecule has 2 aromatic carbocycles. The number of carbonyl (C=O) groups excluding carboxylic acids is 2. The van der Waals surface area contributed by atoms with Crippen LogP contribution in [0.3, 0.4) is 0 Å². The summed E-state index contributed by atoms with van der Waals surface area (Å²) in [7, 11) is 1.55. The molecule has 1 heterocycles. The monoisotopic (exact) mass is 322 g/mol. The average molecular weight is 322 g/mol. The van der Waals surface area contributed by atoms with Crippen molar-refractivity contribution in [2.75, 3.05) is 7.05 Å². The van der Waals surface area contributed by atoms with Gasteiger partial charge in [0.15, 0.2) is 0 Å². The lowest BCUT2D eigenvalue weighted by Gasteiger charge is -2.17. The second-order valence-corrected chi connectivity index (χ2v) is 5.79. The van der Waals surface area contributed by atoms with Gasteiger partial charge >= 0.3 is 0 Å². The third-order valence-electron chi connectivity index (χ3n) is 4.06. The molecule has 0 spiro atoms. The van der Waals surface area contributed by atoms with Gasteiger partial charge in [-0.1, -0.05) is 36.4 Å². The first kappa shape index (κ1) is 15.8. The Labute approximate surface area is 139 Å². The van der Waals surface area contributed by atoms with Gasteiger partial charge in [-0.2, -0.15) is 0 Å². The Bertz CT molecular complexity index is 927. The van der Waals surface area contributed by atoms with Crippen LogP contribution >= 0.6 is 0 Å². The van der Waals surface area contributed by atoms with E-state index in [1.165, 1.54) is 4.90 Å². The van der Waals surface area contributed by atoms with Crippen molar-refractivity contribution in [1.82, 2.24) is 9.88 Å². The van der Waals surface area contributed by atoms with Crippen molar-refractivity contribution in [3.63, 3.8) is 0 Å². The lowest BCUT2D eigenvalue weighted by molar-refractivity contribution is -0.125. The van der Waals surface area contributed by atoms with Gasteiger partial charge in [0, 0.05) is 35.8 Å². The Morgan fingerprint density at radius 2 is 1.75 bits per heavy atom. The minimum atomic E-state index is -0.605. The van der Waals surface area contributed by atoms with Crippen LogP contribution in [-0.4, -0.2) is 33.7 Å². The number of aryl methyl sites for hydroxylation is 1. The maximum atomic E-state index is 12.7. The quantitative estimate of drug-likeness (QED) is 0.573. The number of carbonyl (C=O) groups is 2. The molecule has 3 aromatic rings. The van der Waals surface area contributed by atoms with Crippen molar-refractivity contribution < 1.29 is 14.7 Å². The molecule has 0 unspecified atom stereocenters. The number of phenols is 1. The van der Waals surface area contributed by atoms with E-state index in [1.54, 1.807) is 38.2 Å². The normalized spacial score (nSPS) is 10.8. The van der Waals surface area contributed by atoms with Gasteiger partial charge in [0.2, 0.25) is 0 Å². The largest absolute Gasteiger partial charge is 0.508 e. The number of benzene rings is 2. The maximum Gasteiger partial charge on any atom is 0.295 e. The molecule has 0 fully saturated rings. The number of Topliss-reactive ketones (excluding diaryl/α,β-unsaturated/α-hetero) is 1. The molecule has 1 aromatic heterocycles. The zero-order chi connectivity index (χ0) is 17.3. The van der Waals surface area contributed by atoms with Crippen LogP contribution in [0.1, 0.15) is 21.6 Å². The van der Waals surface area contributed by atoms with Gasteiger partial charge in [0.25, 0.3) is 11.7 Å². The van der Waals surface area contributed by atoms with Gasteiger partial charge in [0.05, 0.1) is 5.56 Å². The number of para-hydroxylation sites is 2. The fourth-order valence-corrected chi connectivity index (χ4v) is 2.82. The molecule has 0 aliphatic heterocycles. The Morgan fingerprint density at radius 1 is 1.08 bits per heavy atom. The van der Waals surface area contributed by atoms with E-state index in [2.05, 4.69) is 4.98 Å². The van der Waals surface area contributed by atoms with Crippen LogP contribution in [0.25, 0.3) is 10.9 Å². The van der Waals surface area contributed by atoms with E-state index < -0.39 is 11.7 Å². The van der Waals surface area contributed by atoms with Crippen molar-refractivity contribution >= 4 is 22.6 Å². The Balaban J connectivity index is 1.87. The molecule has 2 N–H and O–H groups in total. The number of H-pyrrole nitrogens is 1. The summed E-state index contributed by atoms with van der Waals surface area (Å²) in [5.74, 6) is -1.05. The van der Waals surface area contributed by atoms with Crippen LogP contribution in [0, 0.1) is 6.92 Å². The number of hydrogen-bond acceptors (Lipinski definition) is 3. The minimum absolute atomic E-state index is 0.105. The summed E-state index contributed by atoms with van der Waals surface area (Å²) in [6.45, 7) is 1.95. The zero-order valence-electron chi connectivity index (χ0n) is 13.5. The van der Waals surface area contributed by atoms with Gasteiger partial charge in [-0.3, -0.25) is 9.59 Å². The number of hydrogen-bond donors (Lipinski definition) is 2. The van der Waals surface area contributed by atoms with Gasteiger partial charge in [-0.15, -0.1) is 0 Å². The molecule has 0 aliphatic carbocycles. The summed E-state index contributed by atoms with van der Waals surface area (Å²) in [5.41, 5.74) is 2.50. The molecule has 3 rings (SSSR count). The van der Waals surface area contributed by atoms with Crippen molar-refractivity contribution in [3.05, 3.63) is 65.4 Å². The number of aromatic nitrogens is 1. The van der Waals surface area contributed by atoms with Crippen LogP contribution in [0.5, 0.6) is 5.75 Å². The Hall–Kier alpha value is -3.08. The van der Waals surface area contributed by atoms with Gasteiger partial charge in [-0.05, 0) is 19.1 Å². The number of rotatable bonds is 4. The number of nitrogens with zero attached hydrogens (tertiary/aromatic N) is 1. The number of aromatic hydroxyl groups is 1. The molecule has 5 nitrogen and oxygen atoms in total. The molecule has 0 saturated carbocycles. The molecular formula is C19H18N2O3. The van der Waals surface area contributed by atoms with E-state index in [0.717, 1.165) is 10.9 Å². The van der Waals surface area contributed by atoms with Crippen LogP contribution in [0.2, 0.25) is 0 Å². The smallest absolute Gasteiger partial charge is 0.295 e. The molecule has 24 heavy (non-hydrogen) atoms. The molecule has 5 heteroatoms. The lowest BCUT2D eigenvalue weighted by Crippen LogP contribution is -2.33. The highest BCUT2D eigenvalue weighted by Crippen LogP contribution is 2.23. The first-order chi connectivity index (χ1) is 11.5. The zero-order valence-corrected chi connectivity index (χ0v) is 13.5. The van der Waals surface area contributed by atoms with E-state index in [9.17, 15) is 14.7 Å². The fraction of sp³-hybridized carbons (Fsp3) is 0.158. The molecule has 0 bridgehead atoms. The second kappa shape index (κ2) is 6.20. The molecule has 1 amide bonds. The van der Waals surface area contributed by atoms with E-state index in [-0.39, 0.29) is 12.3 Å². The van der Waals surface area contributed by atoms with Crippen LogP contribution in [0.4, 0.5) is 0 Å². The number of amides is 1. The summed E-state index contributed by atoms with van der Waals surface area (Å²) in [6.07, 6.45) is 0. The summed E-state index contributed by atoms with van der Waals surface area (Å²) in [6, 6.07) is 14.2. The first-order valence-corrected chi connectivity index (χ1v) is 7.63. The van der Waals surface area contributed by atoms with Crippen LogP contribution in [0.15, 0.2) is 48.5 Å². The molecule has 122 valence electrons. The van der Waals surface area contributed by atoms with Crippen molar-refractivity contribution in [3.8, 4) is 5.75 Å². The maximum absolute atomic E-state index is 12.7. The summed E-state index contributed by atoms with van der Waals surface area (Å²) in [5, 5.41) is 10.6. The fourth-order valence-electron chi connectivity index (χ4n) is 2.82. The van der Waals surface area contributed by atoms with Gasteiger partial charge in [0.1, 0.15) is 5.75 Å². The third kappa shape index (κ3) is 2.76. The number of likely N-dealkylation sites (N-methyl/N-ethyl adjacent to an activating group) is 1. The topological polar surface area (TPSA) is 73.4 Å². The number of phenolic OH excluding ortho intramolecular Hbond substituents is 1. The van der Waals surface area contributed by atoms with Gasteiger partial charge < -0.3 is 15.0 Å². The van der Waals surface area contributed by atoms with Crippen molar-refractivity contribution in [2.24, 2.45) is 0 Å². The molecular weight excluding hydrogens is 304 g/mol. The Morgan fingerprint density at radius 3 is 2.50 bits per heavy atom. The first-order valence-electron chi connectivity index (χ1n) is 7.63. The third-order valence-corrected chi connectivity index (χ3v) is 4.06. The van der Waals surface area contributed by atoms with Crippen molar-refractivity contribution in [1.29, 1.82) is 0 Å². The summed E-state index contributed by atoms with van der Waals surface area (Å²) in [4.78, 5) is 29.7. The number of fused-ring (bicyclic) bond motifs is 1. The highest BCUT2D eigenvalue weighted by molar-refractivity contribution is 6.45. The molecule has 0 saturated heterocycles. The SMILES string of the molecule is Cc1[nH]c2ccccc2c1C(=O)C(=O)N(C)Cc1ccccc1O. The molecule has 0 radical (unpaired) electrons. The number of nitrogens with one attached hydrogen (secondary N) is 1. The standard InChI is InChI=1S/C19H18N2O3/c1-12-17(14-8-4-5-9-15(14)20-12)18(23)19(24)21(2)11-13-7-3-6-10-16(13)22/h3-10,20,22H,11H2,1-2H3.